The van der Waals surface area contributed by atoms with Crippen molar-refractivity contribution in [1.82, 2.24) is 0 Å². The Balaban J connectivity index is 4.22. The number of carbonyl (C=O) groups is 1. The second kappa shape index (κ2) is 4.76. The minimum absolute atomic E-state index is 0.477. The normalized spacial score (nSPS) is 30.0. The molecule has 0 saturated carbocycles. The molecule has 0 saturated heterocycles. The minimum atomic E-state index is -3.21. The van der Waals surface area contributed by atoms with Crippen molar-refractivity contribution in [3.05, 3.63) is 51.9 Å². The van der Waals surface area contributed by atoms with Gasteiger partial charge in [-0.3, -0.25) is 45.3 Å². The van der Waals surface area contributed by atoms with E-state index in [9.17, 15) is 45.3 Å². The molecule has 0 amide bonds. The fourth-order valence-electron chi connectivity index (χ4n) is 2.80. The molecule has 0 spiro atoms. The van der Waals surface area contributed by atoms with Crippen LogP contribution in [-0.4, -0.2) is 36.6 Å². The van der Waals surface area contributed by atoms with Crippen LogP contribution in [0.15, 0.2) is 11.4 Å². The van der Waals surface area contributed by atoms with Gasteiger partial charge in [0, 0.05) is 23.7 Å². The molecular formula is C10H12N4O9. The van der Waals surface area contributed by atoms with Gasteiger partial charge in [0.2, 0.25) is 5.78 Å². The Labute approximate surface area is 127 Å². The van der Waals surface area contributed by atoms with Gasteiger partial charge >= 0.3 is 22.5 Å². The second-order valence-corrected chi connectivity index (χ2v) is 5.82. The van der Waals surface area contributed by atoms with Gasteiger partial charge in [0.1, 0.15) is 5.41 Å². The van der Waals surface area contributed by atoms with Crippen molar-refractivity contribution in [1.29, 1.82) is 0 Å². The van der Waals surface area contributed by atoms with Gasteiger partial charge in [-0.15, -0.1) is 0 Å². The molecule has 1 rings (SSSR count). The monoisotopic (exact) mass is 332 g/mol. The number of allylic oxidation sites excluding steroid dienone is 1. The number of rotatable bonds is 4. The van der Waals surface area contributed by atoms with Crippen molar-refractivity contribution in [2.24, 2.45) is 5.41 Å². The van der Waals surface area contributed by atoms with Crippen molar-refractivity contribution >= 4 is 5.78 Å². The smallest absolute Gasteiger partial charge is 0.290 e. The summed E-state index contributed by atoms with van der Waals surface area (Å²) in [6.07, 6.45) is 0. The highest BCUT2D eigenvalue weighted by Crippen LogP contribution is 2.50. The Morgan fingerprint density at radius 3 is 1.30 bits per heavy atom. The average Bonchev–Trinajstić information content (AvgIpc) is 2.38. The van der Waals surface area contributed by atoms with E-state index >= 15 is 0 Å². The largest absolute Gasteiger partial charge is 0.403 e. The third-order valence-corrected chi connectivity index (χ3v) is 4.33. The molecule has 0 unspecified atom stereocenters. The van der Waals surface area contributed by atoms with Gasteiger partial charge in [0.25, 0.3) is 0 Å². The van der Waals surface area contributed by atoms with Crippen molar-refractivity contribution in [2.45, 2.75) is 38.8 Å². The maximum Gasteiger partial charge on any atom is 0.403 e. The van der Waals surface area contributed by atoms with Crippen LogP contribution >= 0.6 is 0 Å². The highest BCUT2D eigenvalue weighted by Gasteiger charge is 2.84. The number of hydrogen-bond acceptors (Lipinski definition) is 9. The lowest BCUT2D eigenvalue weighted by Crippen LogP contribution is -2.72. The van der Waals surface area contributed by atoms with E-state index in [2.05, 4.69) is 0 Å². The van der Waals surface area contributed by atoms with Crippen LogP contribution in [0.5, 0.6) is 0 Å². The van der Waals surface area contributed by atoms with E-state index in [0.29, 0.717) is 13.8 Å². The third kappa shape index (κ3) is 1.89. The van der Waals surface area contributed by atoms with Crippen molar-refractivity contribution in [3.8, 4) is 0 Å². The standard InChI is InChI=1S/C10H12N4O9/c1-8(2)5(11(16)17)6(12(18)19)9(3,13(20)21)10(4,7(8)15)14(22)23/h1-4H3/t9-,10+/m1/s1. The fourth-order valence-corrected chi connectivity index (χ4v) is 2.80. The first-order valence-electron chi connectivity index (χ1n) is 6.06. The molecule has 0 aromatic rings. The van der Waals surface area contributed by atoms with E-state index in [0.717, 1.165) is 13.8 Å². The Kier molecular flexibility index (Phi) is 3.73. The summed E-state index contributed by atoms with van der Waals surface area (Å²) in [6, 6.07) is 0. The number of hydrogen-bond donors (Lipinski definition) is 0. The first-order chi connectivity index (χ1) is 10.2. The lowest BCUT2D eigenvalue weighted by atomic mass is 9.60. The molecule has 1 aliphatic carbocycles. The molecule has 13 heteroatoms. The highest BCUT2D eigenvalue weighted by atomic mass is 16.7. The molecule has 0 aliphatic heterocycles. The van der Waals surface area contributed by atoms with E-state index in [1.165, 1.54) is 0 Å². The molecule has 2 atom stereocenters. The zero-order valence-corrected chi connectivity index (χ0v) is 12.5. The van der Waals surface area contributed by atoms with Gasteiger partial charge in [-0.2, -0.15) is 0 Å². The first-order valence-corrected chi connectivity index (χ1v) is 6.06. The van der Waals surface area contributed by atoms with Crippen LogP contribution in [0.4, 0.5) is 0 Å². The van der Waals surface area contributed by atoms with Crippen LogP contribution in [0.3, 0.4) is 0 Å². The Morgan fingerprint density at radius 1 is 0.696 bits per heavy atom. The summed E-state index contributed by atoms with van der Waals surface area (Å²) in [5, 5.41) is 45.3. The average molecular weight is 332 g/mol. The van der Waals surface area contributed by atoms with E-state index in [1.807, 2.05) is 0 Å². The zero-order valence-electron chi connectivity index (χ0n) is 12.5. The van der Waals surface area contributed by atoms with Crippen molar-refractivity contribution in [2.75, 3.05) is 0 Å². The molecular weight excluding hydrogens is 320 g/mol. The molecule has 0 N–H and O–H groups in total. The van der Waals surface area contributed by atoms with E-state index in [4.69, 9.17) is 0 Å². The van der Waals surface area contributed by atoms with E-state index in [1.54, 1.807) is 0 Å². The molecule has 126 valence electrons. The molecule has 0 aromatic heterocycles. The summed E-state index contributed by atoms with van der Waals surface area (Å²) >= 11 is 0. The molecule has 1 aliphatic rings. The number of carbonyl (C=O) groups excluding carboxylic acids is 1. The Morgan fingerprint density at radius 2 is 1.04 bits per heavy atom. The SMILES string of the molecule is CC1(C)C(=O)[C@](C)([N+](=O)[O-])[C@](C)([N+](=O)[O-])C([N+](=O)[O-])=C1[N+](=O)[O-]. The maximum absolute atomic E-state index is 12.5. The Bertz CT molecular complexity index is 696. The topological polar surface area (TPSA) is 190 Å². The van der Waals surface area contributed by atoms with Crippen LogP contribution in [0, 0.1) is 45.9 Å². The first kappa shape index (κ1) is 18.1. The predicted octanol–water partition coefficient (Wildman–Crippen LogP) is 0.431. The number of nitrogens with zero attached hydrogens (tertiary/aromatic N) is 4. The number of nitro groups is 4. The summed E-state index contributed by atoms with van der Waals surface area (Å²) in [5.41, 5.74) is -11.4. The summed E-state index contributed by atoms with van der Waals surface area (Å²) in [7, 11) is 0. The molecule has 13 nitrogen and oxygen atoms in total. The predicted molar refractivity (Wildman–Crippen MR) is 70.6 cm³/mol. The second-order valence-electron chi connectivity index (χ2n) is 5.82. The fraction of sp³-hybridized carbons (Fsp3) is 0.700. The van der Waals surface area contributed by atoms with Gasteiger partial charge in [0.15, 0.2) is 0 Å². The summed E-state index contributed by atoms with van der Waals surface area (Å²) in [5.74, 6) is -1.45. The molecule has 23 heavy (non-hydrogen) atoms. The lowest BCUT2D eigenvalue weighted by molar-refractivity contribution is -0.683. The van der Waals surface area contributed by atoms with Gasteiger partial charge in [-0.1, -0.05) is 0 Å². The van der Waals surface area contributed by atoms with E-state index < -0.39 is 53.4 Å². The molecule has 0 heterocycles. The maximum atomic E-state index is 12.5. The highest BCUT2D eigenvalue weighted by molar-refractivity contribution is 5.96. The summed E-state index contributed by atoms with van der Waals surface area (Å²) in [6.45, 7) is 2.82. The summed E-state index contributed by atoms with van der Waals surface area (Å²) in [4.78, 5) is 52.5. The van der Waals surface area contributed by atoms with Crippen LogP contribution in [-0.2, 0) is 4.79 Å². The molecule has 0 bridgehead atoms. The van der Waals surface area contributed by atoms with Gasteiger partial charge in [-0.25, -0.2) is 0 Å². The third-order valence-electron chi connectivity index (χ3n) is 4.33. The number of Topliss-reactive ketones (excluding diaryl/α,β-unsaturated/α-hetero) is 1. The lowest BCUT2D eigenvalue weighted by Gasteiger charge is -2.36. The molecule has 0 fully saturated rings. The Hall–Kier alpha value is -2.99. The van der Waals surface area contributed by atoms with E-state index in [-0.39, 0.29) is 0 Å². The van der Waals surface area contributed by atoms with Crippen LogP contribution < -0.4 is 0 Å². The molecule has 0 aromatic carbocycles. The van der Waals surface area contributed by atoms with Crippen LogP contribution in [0.25, 0.3) is 0 Å². The molecule has 0 radical (unpaired) electrons. The van der Waals surface area contributed by atoms with Gasteiger partial charge in [0.05, 0.1) is 9.85 Å². The van der Waals surface area contributed by atoms with Gasteiger partial charge in [-0.05, 0) is 13.8 Å². The van der Waals surface area contributed by atoms with Crippen LogP contribution in [0.1, 0.15) is 27.7 Å². The quantitative estimate of drug-likeness (QED) is 0.518. The van der Waals surface area contributed by atoms with Crippen molar-refractivity contribution in [3.63, 3.8) is 0 Å². The number of ketones is 1. The van der Waals surface area contributed by atoms with Crippen LogP contribution in [0.2, 0.25) is 0 Å². The zero-order chi connectivity index (χ0) is 18.5. The minimum Gasteiger partial charge on any atom is -0.290 e. The van der Waals surface area contributed by atoms with Gasteiger partial charge < -0.3 is 0 Å². The summed E-state index contributed by atoms with van der Waals surface area (Å²) < 4.78 is 0. The van der Waals surface area contributed by atoms with Crippen molar-refractivity contribution < 1.29 is 24.5 Å².